The van der Waals surface area contributed by atoms with Gasteiger partial charge in [-0.1, -0.05) is 43.3 Å². The van der Waals surface area contributed by atoms with Gasteiger partial charge in [-0.05, 0) is 24.6 Å². The van der Waals surface area contributed by atoms with E-state index in [0.29, 0.717) is 9.79 Å². The molecule has 0 aliphatic carbocycles. The second-order valence-corrected chi connectivity index (χ2v) is 6.94. The minimum Gasteiger partial charge on any atom is -0.346 e. The molecule has 0 fully saturated rings. The highest BCUT2D eigenvalue weighted by atomic mass is 32.2. The Morgan fingerprint density at radius 3 is 2.33 bits per heavy atom. The van der Waals surface area contributed by atoms with Crippen LogP contribution in [0.15, 0.2) is 70.6 Å². The Morgan fingerprint density at radius 2 is 1.62 bits per heavy atom. The van der Waals surface area contributed by atoms with Crippen molar-refractivity contribution in [2.75, 3.05) is 0 Å². The fourth-order valence-corrected chi connectivity index (χ4v) is 4.08. The van der Waals surface area contributed by atoms with Gasteiger partial charge in [0.05, 0.1) is 9.79 Å². The van der Waals surface area contributed by atoms with Crippen molar-refractivity contribution in [3.05, 3.63) is 60.8 Å². The van der Waals surface area contributed by atoms with E-state index < -0.39 is 9.84 Å². The summed E-state index contributed by atoms with van der Waals surface area (Å²) >= 11 is 0. The summed E-state index contributed by atoms with van der Waals surface area (Å²) in [6.07, 6.45) is 2.72. The maximum Gasteiger partial charge on any atom is 0.208 e. The van der Waals surface area contributed by atoms with E-state index in [-0.39, 0.29) is 0 Å². The van der Waals surface area contributed by atoms with Crippen molar-refractivity contribution in [1.29, 1.82) is 0 Å². The number of hydrogen-bond acceptors (Lipinski definition) is 2. The largest absolute Gasteiger partial charge is 0.346 e. The van der Waals surface area contributed by atoms with E-state index in [9.17, 15) is 8.42 Å². The predicted molar refractivity (Wildman–Crippen MR) is 84.1 cm³/mol. The van der Waals surface area contributed by atoms with E-state index in [2.05, 4.69) is 6.92 Å². The molecule has 0 N–H and O–H groups in total. The van der Waals surface area contributed by atoms with Crippen LogP contribution in [0.2, 0.25) is 0 Å². The molecule has 1 aromatic heterocycles. The number of sulfone groups is 1. The maximum absolute atomic E-state index is 12.9. The number of para-hydroxylation sites is 1. The number of fused-ring (bicyclic) bond motifs is 1. The lowest BCUT2D eigenvalue weighted by Gasteiger charge is -2.02. The van der Waals surface area contributed by atoms with Gasteiger partial charge in [-0.15, -0.1) is 0 Å². The standard InChI is InChI=1S/C17H17NO2S/c1-2-12-18-13-17(15-10-6-7-11-16(15)18)21(19,20)14-8-4-3-5-9-14/h3-11,13H,2,12H2,1H3. The molecule has 3 nitrogen and oxygen atoms in total. The highest BCUT2D eigenvalue weighted by Crippen LogP contribution is 2.30. The van der Waals surface area contributed by atoms with Gasteiger partial charge in [0.1, 0.15) is 0 Å². The molecule has 0 radical (unpaired) electrons. The molecule has 0 spiro atoms. The zero-order chi connectivity index (χ0) is 14.9. The molecule has 3 aromatic rings. The van der Waals surface area contributed by atoms with Gasteiger partial charge in [0.2, 0.25) is 9.84 Å². The second kappa shape index (κ2) is 5.37. The monoisotopic (exact) mass is 299 g/mol. The molecule has 0 bridgehead atoms. The molecule has 0 saturated carbocycles. The maximum atomic E-state index is 12.9. The lowest BCUT2D eigenvalue weighted by Crippen LogP contribution is -2.01. The average Bonchev–Trinajstić information content (AvgIpc) is 2.88. The molecule has 21 heavy (non-hydrogen) atoms. The van der Waals surface area contributed by atoms with Crippen LogP contribution in [-0.4, -0.2) is 13.0 Å². The van der Waals surface area contributed by atoms with Gasteiger partial charge in [-0.25, -0.2) is 8.42 Å². The van der Waals surface area contributed by atoms with Gasteiger partial charge < -0.3 is 4.57 Å². The first-order valence-electron chi connectivity index (χ1n) is 7.02. The van der Waals surface area contributed by atoms with Crippen molar-refractivity contribution in [3.63, 3.8) is 0 Å². The van der Waals surface area contributed by atoms with Gasteiger partial charge in [-0.3, -0.25) is 0 Å². The Bertz CT molecular complexity index is 864. The van der Waals surface area contributed by atoms with Gasteiger partial charge in [-0.2, -0.15) is 0 Å². The van der Waals surface area contributed by atoms with E-state index >= 15 is 0 Å². The summed E-state index contributed by atoms with van der Waals surface area (Å²) in [7, 11) is -3.48. The van der Waals surface area contributed by atoms with Crippen molar-refractivity contribution in [1.82, 2.24) is 4.57 Å². The Labute approximate surface area is 124 Å². The molecular formula is C17H17NO2S. The summed E-state index contributed by atoms with van der Waals surface area (Å²) in [4.78, 5) is 0.724. The van der Waals surface area contributed by atoms with Gasteiger partial charge in [0.15, 0.2) is 0 Å². The fraction of sp³-hybridized carbons (Fsp3) is 0.176. The third-order valence-corrected chi connectivity index (χ3v) is 5.36. The van der Waals surface area contributed by atoms with Crippen LogP contribution in [0.4, 0.5) is 0 Å². The molecule has 108 valence electrons. The average molecular weight is 299 g/mol. The van der Waals surface area contributed by atoms with Crippen LogP contribution in [0.25, 0.3) is 10.9 Å². The molecule has 0 atom stereocenters. The van der Waals surface area contributed by atoms with Crippen molar-refractivity contribution in [3.8, 4) is 0 Å². The van der Waals surface area contributed by atoms with E-state index in [4.69, 9.17) is 0 Å². The van der Waals surface area contributed by atoms with Crippen molar-refractivity contribution >= 4 is 20.7 Å². The normalized spacial score (nSPS) is 11.9. The Hall–Kier alpha value is -2.07. The van der Waals surface area contributed by atoms with E-state index in [0.717, 1.165) is 23.9 Å². The highest BCUT2D eigenvalue weighted by molar-refractivity contribution is 7.91. The minimum absolute atomic E-state index is 0.337. The summed E-state index contributed by atoms with van der Waals surface area (Å²) in [5.41, 5.74) is 0.967. The van der Waals surface area contributed by atoms with Crippen LogP contribution in [-0.2, 0) is 16.4 Å². The quantitative estimate of drug-likeness (QED) is 0.733. The van der Waals surface area contributed by atoms with E-state index in [1.807, 2.05) is 34.9 Å². The number of benzene rings is 2. The van der Waals surface area contributed by atoms with Crippen LogP contribution in [0, 0.1) is 0 Å². The van der Waals surface area contributed by atoms with E-state index in [1.165, 1.54) is 0 Å². The topological polar surface area (TPSA) is 39.1 Å². The molecule has 0 aliphatic rings. The summed E-state index contributed by atoms with van der Waals surface area (Å²) in [6, 6.07) is 16.3. The second-order valence-electron chi connectivity index (χ2n) is 5.02. The first-order chi connectivity index (χ1) is 10.1. The molecule has 0 amide bonds. The minimum atomic E-state index is -3.48. The fourth-order valence-electron chi connectivity index (χ4n) is 2.58. The number of aryl methyl sites for hydroxylation is 1. The summed E-state index contributed by atoms with van der Waals surface area (Å²) in [5.74, 6) is 0. The van der Waals surface area contributed by atoms with Crippen LogP contribution in [0.1, 0.15) is 13.3 Å². The number of rotatable bonds is 4. The van der Waals surface area contributed by atoms with Crippen molar-refractivity contribution < 1.29 is 8.42 Å². The molecule has 0 aliphatic heterocycles. The van der Waals surface area contributed by atoms with Gasteiger partial charge in [0.25, 0.3) is 0 Å². The lowest BCUT2D eigenvalue weighted by molar-refractivity contribution is 0.596. The lowest BCUT2D eigenvalue weighted by atomic mass is 10.2. The number of hydrogen-bond donors (Lipinski definition) is 0. The van der Waals surface area contributed by atoms with Crippen LogP contribution < -0.4 is 0 Å². The molecule has 2 aromatic carbocycles. The van der Waals surface area contributed by atoms with Gasteiger partial charge in [0, 0.05) is 23.6 Å². The zero-order valence-electron chi connectivity index (χ0n) is 11.9. The molecule has 3 rings (SSSR count). The molecule has 4 heteroatoms. The van der Waals surface area contributed by atoms with E-state index in [1.54, 1.807) is 30.5 Å². The Kier molecular flexibility index (Phi) is 3.55. The van der Waals surface area contributed by atoms with Crippen molar-refractivity contribution in [2.45, 2.75) is 29.7 Å². The molecule has 1 heterocycles. The van der Waals surface area contributed by atoms with Crippen LogP contribution in [0.5, 0.6) is 0 Å². The van der Waals surface area contributed by atoms with Crippen molar-refractivity contribution in [2.24, 2.45) is 0 Å². The number of nitrogens with zero attached hydrogens (tertiary/aromatic N) is 1. The third kappa shape index (κ3) is 2.36. The first kappa shape index (κ1) is 13.9. The smallest absolute Gasteiger partial charge is 0.208 e. The summed E-state index contributed by atoms with van der Waals surface area (Å²) < 4.78 is 27.7. The Morgan fingerprint density at radius 1 is 0.952 bits per heavy atom. The predicted octanol–water partition coefficient (Wildman–Crippen LogP) is 3.88. The van der Waals surface area contributed by atoms with Crippen LogP contribution in [0.3, 0.4) is 0 Å². The number of aromatic nitrogens is 1. The molecule has 0 saturated heterocycles. The SMILES string of the molecule is CCCn1cc(S(=O)(=O)c2ccccc2)c2ccccc21. The zero-order valence-corrected chi connectivity index (χ0v) is 12.7. The molecule has 0 unspecified atom stereocenters. The summed E-state index contributed by atoms with van der Waals surface area (Å²) in [6.45, 7) is 2.89. The highest BCUT2D eigenvalue weighted by Gasteiger charge is 2.22. The van der Waals surface area contributed by atoms with Crippen LogP contribution >= 0.6 is 0 Å². The molecular weight excluding hydrogens is 282 g/mol. The van der Waals surface area contributed by atoms with Gasteiger partial charge >= 0.3 is 0 Å². The summed E-state index contributed by atoms with van der Waals surface area (Å²) in [5, 5.41) is 0.787. The third-order valence-electron chi connectivity index (χ3n) is 3.56. The first-order valence-corrected chi connectivity index (χ1v) is 8.51. The Balaban J connectivity index is 2.26.